The highest BCUT2D eigenvalue weighted by molar-refractivity contribution is 6.42. The monoisotopic (exact) mass is 464 g/mol. The highest BCUT2D eigenvalue weighted by Gasteiger charge is 2.12. The summed E-state index contributed by atoms with van der Waals surface area (Å²) in [5.41, 5.74) is 11.4. The number of aromatic nitrogens is 2. The molecule has 0 saturated heterocycles. The lowest BCUT2D eigenvalue weighted by atomic mass is 10.1. The van der Waals surface area contributed by atoms with Crippen LogP contribution in [0.4, 0.5) is 5.82 Å². The van der Waals surface area contributed by atoms with Gasteiger partial charge in [0.15, 0.2) is 0 Å². The molecule has 0 spiro atoms. The van der Waals surface area contributed by atoms with Crippen molar-refractivity contribution in [2.45, 2.75) is 13.3 Å². The Hall–Kier alpha value is -3.28. The number of hydrogen-bond donors (Lipinski definition) is 2. The van der Waals surface area contributed by atoms with Gasteiger partial charge in [0.25, 0.3) is 5.91 Å². The maximum Gasteiger partial charge on any atom is 0.251 e. The maximum absolute atomic E-state index is 12.5. The molecule has 0 aliphatic carbocycles. The van der Waals surface area contributed by atoms with E-state index >= 15 is 0 Å². The van der Waals surface area contributed by atoms with Crippen LogP contribution in [0.3, 0.4) is 0 Å². The summed E-state index contributed by atoms with van der Waals surface area (Å²) in [7, 11) is 0. The second kappa shape index (κ2) is 9.47. The van der Waals surface area contributed by atoms with Gasteiger partial charge in [0, 0.05) is 23.7 Å². The lowest BCUT2D eigenvalue weighted by molar-refractivity contribution is 0.0954. The summed E-state index contributed by atoms with van der Waals surface area (Å²) in [6.45, 7) is 2.63. The molecule has 0 atom stereocenters. The Labute approximate surface area is 196 Å². The zero-order valence-electron chi connectivity index (χ0n) is 17.5. The number of anilines is 1. The molecule has 7 heteroatoms. The van der Waals surface area contributed by atoms with Gasteiger partial charge in [-0.05, 0) is 55.3 Å². The predicted molar refractivity (Wildman–Crippen MR) is 131 cm³/mol. The summed E-state index contributed by atoms with van der Waals surface area (Å²) in [6, 6.07) is 22.5. The highest BCUT2D eigenvalue weighted by atomic mass is 35.5. The highest BCUT2D eigenvalue weighted by Crippen LogP contribution is 2.29. The lowest BCUT2D eigenvalue weighted by Crippen LogP contribution is -2.25. The SMILES string of the molecule is Cc1ccc(CCNC(=O)c2ccc(-n3nc(-c4ccc(Cl)c(Cl)c4)cc3N)cc2)cc1. The van der Waals surface area contributed by atoms with Crippen LogP contribution in [-0.2, 0) is 6.42 Å². The van der Waals surface area contributed by atoms with Gasteiger partial charge in [-0.1, -0.05) is 59.1 Å². The number of nitrogen functional groups attached to an aromatic ring is 1. The molecule has 3 N–H and O–H groups in total. The van der Waals surface area contributed by atoms with Crippen LogP contribution in [0, 0.1) is 6.92 Å². The normalized spacial score (nSPS) is 10.8. The molecule has 1 amide bonds. The van der Waals surface area contributed by atoms with Crippen LogP contribution in [0.2, 0.25) is 10.0 Å². The first-order valence-electron chi connectivity index (χ1n) is 10.2. The van der Waals surface area contributed by atoms with Crippen molar-refractivity contribution < 1.29 is 4.79 Å². The number of rotatable bonds is 6. The number of hydrogen-bond acceptors (Lipinski definition) is 3. The third-order valence-electron chi connectivity index (χ3n) is 5.15. The molecule has 0 fully saturated rings. The summed E-state index contributed by atoms with van der Waals surface area (Å²) in [5.74, 6) is 0.356. The molecule has 0 saturated carbocycles. The molecule has 0 bridgehead atoms. The molecule has 32 heavy (non-hydrogen) atoms. The van der Waals surface area contributed by atoms with Crippen LogP contribution in [0.25, 0.3) is 16.9 Å². The Balaban J connectivity index is 1.43. The van der Waals surface area contributed by atoms with Crippen molar-refractivity contribution >= 4 is 34.9 Å². The number of nitrogens with zero attached hydrogens (tertiary/aromatic N) is 2. The molecule has 0 radical (unpaired) electrons. The van der Waals surface area contributed by atoms with E-state index < -0.39 is 0 Å². The summed E-state index contributed by atoms with van der Waals surface area (Å²) in [4.78, 5) is 12.5. The standard InChI is InChI=1S/C25H22Cl2N4O/c1-16-2-4-17(5-3-16)12-13-29-25(32)18-6-9-20(10-7-18)31-24(28)15-23(30-31)19-8-11-21(26)22(27)14-19/h2-11,14-15H,12-13,28H2,1H3,(H,29,32). The van der Waals surface area contributed by atoms with Crippen LogP contribution in [0.1, 0.15) is 21.5 Å². The van der Waals surface area contributed by atoms with E-state index in [1.165, 1.54) is 11.1 Å². The summed E-state index contributed by atoms with van der Waals surface area (Å²) in [6.07, 6.45) is 0.783. The number of carbonyl (C=O) groups excluding carboxylic acids is 1. The number of halogens is 2. The molecule has 1 heterocycles. The van der Waals surface area contributed by atoms with E-state index in [-0.39, 0.29) is 5.91 Å². The third-order valence-corrected chi connectivity index (χ3v) is 5.89. The van der Waals surface area contributed by atoms with Crippen molar-refractivity contribution in [3.05, 3.63) is 99.5 Å². The molecule has 1 aromatic heterocycles. The maximum atomic E-state index is 12.5. The first-order valence-corrected chi connectivity index (χ1v) is 10.9. The van der Waals surface area contributed by atoms with Gasteiger partial charge in [0.1, 0.15) is 5.82 Å². The van der Waals surface area contributed by atoms with E-state index in [9.17, 15) is 4.79 Å². The fourth-order valence-corrected chi connectivity index (χ4v) is 3.63. The molecule has 0 aliphatic rings. The van der Waals surface area contributed by atoms with Crippen molar-refractivity contribution in [3.8, 4) is 16.9 Å². The van der Waals surface area contributed by atoms with Crippen molar-refractivity contribution in [3.63, 3.8) is 0 Å². The Bertz CT molecular complexity index is 1250. The number of benzene rings is 3. The molecule has 0 unspecified atom stereocenters. The average molecular weight is 465 g/mol. The topological polar surface area (TPSA) is 72.9 Å². The number of carbonyl (C=O) groups is 1. The first-order chi connectivity index (χ1) is 15.4. The zero-order chi connectivity index (χ0) is 22.7. The third kappa shape index (κ3) is 4.96. The molecule has 5 nitrogen and oxygen atoms in total. The first kappa shape index (κ1) is 21.9. The second-order valence-electron chi connectivity index (χ2n) is 7.53. The Morgan fingerprint density at radius 2 is 1.69 bits per heavy atom. The van der Waals surface area contributed by atoms with Gasteiger partial charge >= 0.3 is 0 Å². The fraction of sp³-hybridized carbons (Fsp3) is 0.120. The van der Waals surface area contributed by atoms with E-state index in [4.69, 9.17) is 28.9 Å². The summed E-state index contributed by atoms with van der Waals surface area (Å²) in [5, 5.41) is 8.47. The predicted octanol–water partition coefficient (Wildman–Crippen LogP) is 5.71. The Kier molecular flexibility index (Phi) is 6.49. The Morgan fingerprint density at radius 3 is 2.38 bits per heavy atom. The van der Waals surface area contributed by atoms with Crippen molar-refractivity contribution in [1.29, 1.82) is 0 Å². The molecular formula is C25H22Cl2N4O. The fourth-order valence-electron chi connectivity index (χ4n) is 3.33. The number of aryl methyl sites for hydroxylation is 1. The molecule has 162 valence electrons. The minimum atomic E-state index is -0.117. The molecule has 4 rings (SSSR count). The largest absolute Gasteiger partial charge is 0.384 e. The molecule has 0 aliphatic heterocycles. The van der Waals surface area contributed by atoms with Gasteiger partial charge in [0.2, 0.25) is 0 Å². The summed E-state index contributed by atoms with van der Waals surface area (Å²) >= 11 is 12.1. The van der Waals surface area contributed by atoms with Crippen LogP contribution < -0.4 is 11.1 Å². The van der Waals surface area contributed by atoms with E-state index in [0.29, 0.717) is 33.7 Å². The van der Waals surface area contributed by atoms with E-state index in [2.05, 4.69) is 41.6 Å². The quantitative estimate of drug-likeness (QED) is 0.383. The summed E-state index contributed by atoms with van der Waals surface area (Å²) < 4.78 is 1.62. The van der Waals surface area contributed by atoms with Crippen LogP contribution in [0.5, 0.6) is 0 Å². The van der Waals surface area contributed by atoms with Gasteiger partial charge in [-0.25, -0.2) is 4.68 Å². The lowest BCUT2D eigenvalue weighted by Gasteiger charge is -2.08. The molecular weight excluding hydrogens is 443 g/mol. The van der Waals surface area contributed by atoms with Gasteiger partial charge in [-0.3, -0.25) is 4.79 Å². The van der Waals surface area contributed by atoms with Crippen molar-refractivity contribution in [1.82, 2.24) is 15.1 Å². The van der Waals surface area contributed by atoms with Crippen LogP contribution in [-0.4, -0.2) is 22.2 Å². The number of nitrogens with two attached hydrogens (primary N) is 1. The van der Waals surface area contributed by atoms with Crippen molar-refractivity contribution in [2.24, 2.45) is 0 Å². The van der Waals surface area contributed by atoms with Gasteiger partial charge in [-0.2, -0.15) is 5.10 Å². The molecule has 4 aromatic rings. The average Bonchev–Trinajstić information content (AvgIpc) is 3.18. The minimum Gasteiger partial charge on any atom is -0.384 e. The van der Waals surface area contributed by atoms with Crippen LogP contribution >= 0.6 is 23.2 Å². The van der Waals surface area contributed by atoms with Crippen molar-refractivity contribution in [2.75, 3.05) is 12.3 Å². The number of nitrogens with one attached hydrogen (secondary N) is 1. The minimum absolute atomic E-state index is 0.117. The van der Waals surface area contributed by atoms with Gasteiger partial charge in [-0.15, -0.1) is 0 Å². The smallest absolute Gasteiger partial charge is 0.251 e. The van der Waals surface area contributed by atoms with Crippen LogP contribution in [0.15, 0.2) is 72.8 Å². The number of amides is 1. The second-order valence-corrected chi connectivity index (χ2v) is 8.35. The van der Waals surface area contributed by atoms with E-state index in [1.54, 1.807) is 35.0 Å². The van der Waals surface area contributed by atoms with E-state index in [1.807, 2.05) is 18.2 Å². The van der Waals surface area contributed by atoms with E-state index in [0.717, 1.165) is 17.7 Å². The molecule has 3 aromatic carbocycles. The zero-order valence-corrected chi connectivity index (χ0v) is 19.0. The van der Waals surface area contributed by atoms with Gasteiger partial charge < -0.3 is 11.1 Å². The Morgan fingerprint density at radius 1 is 0.969 bits per heavy atom. The van der Waals surface area contributed by atoms with Gasteiger partial charge in [0.05, 0.1) is 21.4 Å².